The molecule has 3 aromatic rings. The van der Waals surface area contributed by atoms with Gasteiger partial charge >= 0.3 is 5.97 Å². The zero-order valence-electron chi connectivity index (χ0n) is 13.7. The molecule has 0 saturated heterocycles. The normalized spacial score (nSPS) is 10.7. The van der Waals surface area contributed by atoms with Crippen molar-refractivity contribution in [2.24, 2.45) is 0 Å². The van der Waals surface area contributed by atoms with E-state index in [1.807, 2.05) is 24.3 Å². The third kappa shape index (κ3) is 4.17. The maximum Gasteiger partial charge on any atom is 0.341 e. The molecule has 1 heterocycles. The smallest absolute Gasteiger partial charge is 0.341 e. The van der Waals surface area contributed by atoms with Crippen molar-refractivity contribution in [3.63, 3.8) is 0 Å². The van der Waals surface area contributed by atoms with Gasteiger partial charge in [0.1, 0.15) is 10.8 Å². The Hall–Kier alpha value is -2.51. The van der Waals surface area contributed by atoms with Gasteiger partial charge in [-0.1, -0.05) is 23.7 Å². The highest BCUT2D eigenvalue weighted by molar-refractivity contribution is 7.18. The molecule has 2 aromatic carbocycles. The summed E-state index contributed by atoms with van der Waals surface area (Å²) < 4.78 is 19.6. The van der Waals surface area contributed by atoms with Gasteiger partial charge in [0.25, 0.3) is 5.91 Å². The number of hydrogen-bond acceptors (Lipinski definition) is 5. The summed E-state index contributed by atoms with van der Waals surface area (Å²) in [5, 5.41) is 0.947. The monoisotopic (exact) mass is 392 g/mol. The maximum absolute atomic E-state index is 13.7. The molecule has 0 bridgehead atoms. The number of fused-ring (bicyclic) bond motifs is 1. The zero-order valence-corrected chi connectivity index (χ0v) is 15.3. The minimum absolute atomic E-state index is 0.172. The molecular formula is C18H14ClFN2O3S. The topological polar surface area (TPSA) is 59.5 Å². The number of ether oxygens (including phenoxy) is 1. The number of rotatable bonds is 5. The summed E-state index contributed by atoms with van der Waals surface area (Å²) in [6.07, 6.45) is 0. The van der Waals surface area contributed by atoms with E-state index in [1.165, 1.54) is 28.4 Å². The van der Waals surface area contributed by atoms with Crippen molar-refractivity contribution in [1.82, 2.24) is 9.88 Å². The van der Waals surface area contributed by atoms with Crippen molar-refractivity contribution in [2.75, 3.05) is 13.7 Å². The summed E-state index contributed by atoms with van der Waals surface area (Å²) in [5.41, 5.74) is 0.606. The second kappa shape index (κ2) is 7.80. The Labute approximate surface area is 158 Å². The van der Waals surface area contributed by atoms with Gasteiger partial charge in [0.2, 0.25) is 0 Å². The standard InChI is InChI=1S/C18H14ClFN2O3S/c1-22(9-16-21-14-4-2-3-5-15(14)26-16)17(23)10-25-18(24)12-7-6-11(19)8-13(12)20/h2-8H,9-10H2,1H3. The molecule has 1 amide bonds. The van der Waals surface area contributed by atoms with Crippen LogP contribution >= 0.6 is 22.9 Å². The summed E-state index contributed by atoms with van der Waals surface area (Å²) in [6, 6.07) is 11.3. The Morgan fingerprint density at radius 3 is 2.77 bits per heavy atom. The van der Waals surface area contributed by atoms with Crippen LogP contribution in [-0.4, -0.2) is 35.4 Å². The van der Waals surface area contributed by atoms with Gasteiger partial charge in [-0.3, -0.25) is 4.79 Å². The first-order valence-electron chi connectivity index (χ1n) is 7.64. The van der Waals surface area contributed by atoms with Crippen molar-refractivity contribution in [3.05, 3.63) is 63.9 Å². The van der Waals surface area contributed by atoms with E-state index in [1.54, 1.807) is 7.05 Å². The average molecular weight is 393 g/mol. The number of para-hydroxylation sites is 1. The second-order valence-corrected chi connectivity index (χ2v) is 7.08. The number of likely N-dealkylation sites (N-methyl/N-ethyl adjacent to an activating group) is 1. The molecular weight excluding hydrogens is 379 g/mol. The third-order valence-electron chi connectivity index (χ3n) is 3.61. The van der Waals surface area contributed by atoms with Gasteiger partial charge in [-0.15, -0.1) is 11.3 Å². The van der Waals surface area contributed by atoms with E-state index in [0.717, 1.165) is 21.3 Å². The number of thiazole rings is 1. The molecule has 0 aliphatic heterocycles. The molecule has 0 atom stereocenters. The van der Waals surface area contributed by atoms with E-state index < -0.39 is 24.3 Å². The molecule has 0 N–H and O–H groups in total. The predicted octanol–water partition coefficient (Wildman–Crippen LogP) is 3.90. The highest BCUT2D eigenvalue weighted by Crippen LogP contribution is 2.22. The Bertz CT molecular complexity index is 943. The average Bonchev–Trinajstić information content (AvgIpc) is 3.01. The predicted molar refractivity (Wildman–Crippen MR) is 97.8 cm³/mol. The maximum atomic E-state index is 13.7. The van der Waals surface area contributed by atoms with Gasteiger partial charge < -0.3 is 9.64 Å². The molecule has 1 aromatic heterocycles. The van der Waals surface area contributed by atoms with E-state index in [-0.39, 0.29) is 10.6 Å². The van der Waals surface area contributed by atoms with E-state index >= 15 is 0 Å². The second-order valence-electron chi connectivity index (χ2n) is 5.53. The van der Waals surface area contributed by atoms with Crippen LogP contribution in [0.15, 0.2) is 42.5 Å². The van der Waals surface area contributed by atoms with Crippen molar-refractivity contribution < 1.29 is 18.7 Å². The van der Waals surface area contributed by atoms with Crippen LogP contribution in [0.5, 0.6) is 0 Å². The van der Waals surface area contributed by atoms with Gasteiger partial charge in [-0.05, 0) is 30.3 Å². The number of nitrogens with zero attached hydrogens (tertiary/aromatic N) is 2. The molecule has 0 radical (unpaired) electrons. The van der Waals surface area contributed by atoms with E-state index in [0.29, 0.717) is 6.54 Å². The lowest BCUT2D eigenvalue weighted by Crippen LogP contribution is -2.30. The summed E-state index contributed by atoms with van der Waals surface area (Å²) in [6.45, 7) is -0.187. The van der Waals surface area contributed by atoms with Crippen molar-refractivity contribution >= 4 is 45.0 Å². The molecule has 0 aliphatic carbocycles. The van der Waals surface area contributed by atoms with Crippen LogP contribution < -0.4 is 0 Å². The van der Waals surface area contributed by atoms with Crippen molar-refractivity contribution in [3.8, 4) is 0 Å². The van der Waals surface area contributed by atoms with Crippen LogP contribution in [0.2, 0.25) is 5.02 Å². The number of carbonyl (C=O) groups is 2. The Morgan fingerprint density at radius 1 is 1.27 bits per heavy atom. The molecule has 8 heteroatoms. The molecule has 0 fully saturated rings. The number of carbonyl (C=O) groups excluding carboxylic acids is 2. The lowest BCUT2D eigenvalue weighted by Gasteiger charge is -2.15. The van der Waals surface area contributed by atoms with Crippen LogP contribution in [-0.2, 0) is 16.1 Å². The molecule has 0 aliphatic rings. The van der Waals surface area contributed by atoms with Crippen LogP contribution in [0.3, 0.4) is 0 Å². The van der Waals surface area contributed by atoms with E-state index in [4.69, 9.17) is 16.3 Å². The van der Waals surface area contributed by atoms with Crippen molar-refractivity contribution in [1.29, 1.82) is 0 Å². The van der Waals surface area contributed by atoms with E-state index in [2.05, 4.69) is 4.98 Å². The highest BCUT2D eigenvalue weighted by Gasteiger charge is 2.18. The molecule has 134 valence electrons. The van der Waals surface area contributed by atoms with Crippen LogP contribution in [0.1, 0.15) is 15.4 Å². The highest BCUT2D eigenvalue weighted by atomic mass is 35.5. The fourth-order valence-electron chi connectivity index (χ4n) is 2.25. The van der Waals surface area contributed by atoms with Crippen LogP contribution in [0, 0.1) is 5.82 Å². The number of aromatic nitrogens is 1. The number of amides is 1. The summed E-state index contributed by atoms with van der Waals surface area (Å²) >= 11 is 7.13. The van der Waals surface area contributed by atoms with Crippen LogP contribution in [0.25, 0.3) is 10.2 Å². The van der Waals surface area contributed by atoms with Gasteiger partial charge in [-0.25, -0.2) is 14.2 Å². The van der Waals surface area contributed by atoms with E-state index in [9.17, 15) is 14.0 Å². The largest absolute Gasteiger partial charge is 0.452 e. The quantitative estimate of drug-likeness (QED) is 0.618. The van der Waals surface area contributed by atoms with Crippen molar-refractivity contribution in [2.45, 2.75) is 6.54 Å². The minimum Gasteiger partial charge on any atom is -0.452 e. The number of esters is 1. The number of hydrogen-bond donors (Lipinski definition) is 0. The fourth-order valence-corrected chi connectivity index (χ4v) is 3.43. The molecule has 0 saturated carbocycles. The van der Waals surface area contributed by atoms with Gasteiger partial charge in [0.05, 0.1) is 22.3 Å². The fraction of sp³-hybridized carbons (Fsp3) is 0.167. The molecule has 5 nitrogen and oxygen atoms in total. The molecule has 0 unspecified atom stereocenters. The molecule has 0 spiro atoms. The minimum atomic E-state index is -0.916. The Morgan fingerprint density at radius 2 is 2.04 bits per heavy atom. The van der Waals surface area contributed by atoms with Gasteiger partial charge in [-0.2, -0.15) is 0 Å². The first-order chi connectivity index (χ1) is 12.4. The summed E-state index contributed by atoms with van der Waals surface area (Å²) in [4.78, 5) is 29.9. The van der Waals surface area contributed by atoms with Crippen LogP contribution in [0.4, 0.5) is 4.39 Å². The molecule has 26 heavy (non-hydrogen) atoms. The molecule has 3 rings (SSSR count). The van der Waals surface area contributed by atoms with Gasteiger partial charge in [0.15, 0.2) is 6.61 Å². The third-order valence-corrected chi connectivity index (χ3v) is 4.87. The Kier molecular flexibility index (Phi) is 5.49. The summed E-state index contributed by atoms with van der Waals surface area (Å²) in [7, 11) is 1.59. The lowest BCUT2D eigenvalue weighted by molar-refractivity contribution is -0.133. The first kappa shape index (κ1) is 18.3. The summed E-state index contributed by atoms with van der Waals surface area (Å²) in [5.74, 6) is -2.12. The lowest BCUT2D eigenvalue weighted by atomic mass is 10.2. The Balaban J connectivity index is 1.57. The zero-order chi connectivity index (χ0) is 18.7. The van der Waals surface area contributed by atoms with Gasteiger partial charge in [0, 0.05) is 12.1 Å². The number of halogens is 2. The first-order valence-corrected chi connectivity index (χ1v) is 8.84. The number of benzene rings is 2. The SMILES string of the molecule is CN(Cc1nc2ccccc2s1)C(=O)COC(=O)c1ccc(Cl)cc1F.